The van der Waals surface area contributed by atoms with Crippen molar-refractivity contribution in [1.29, 1.82) is 0 Å². The minimum absolute atomic E-state index is 0.0361. The van der Waals surface area contributed by atoms with E-state index in [9.17, 15) is 9.59 Å². The van der Waals surface area contributed by atoms with Crippen molar-refractivity contribution in [3.8, 4) is 0 Å². The summed E-state index contributed by atoms with van der Waals surface area (Å²) < 4.78 is 0. The summed E-state index contributed by atoms with van der Waals surface area (Å²) in [6.45, 7) is 10.9. The topological polar surface area (TPSA) is 58.2 Å². The number of allylic oxidation sites excluding steroid dienone is 11. The highest BCUT2D eigenvalue weighted by Crippen LogP contribution is 2.40. The summed E-state index contributed by atoms with van der Waals surface area (Å²) in [6.07, 6.45) is 17.3. The standard InChI is InChI=1S/C24H30N2O2S/c1-16(11-13-19-21(27)25-23(29)26-22(19)28)8-6-9-17(2)12-14-20-18(3)10-7-15-24(20,4)5/h6,8-9,11-14H,7,10,15H2,1-5H3,(H2,25,26,27,28,29)/b8-6+,14-12+,16-11+,17-9+. The first-order chi connectivity index (χ1) is 13.6. The van der Waals surface area contributed by atoms with E-state index in [0.29, 0.717) is 0 Å². The molecule has 1 heterocycles. The third kappa shape index (κ3) is 6.50. The fraction of sp³-hybridized carbons (Fsp3) is 0.375. The van der Waals surface area contributed by atoms with Crippen LogP contribution in [0, 0.1) is 5.41 Å². The van der Waals surface area contributed by atoms with Crippen LogP contribution in [0.5, 0.6) is 0 Å². The van der Waals surface area contributed by atoms with Crippen molar-refractivity contribution in [2.75, 3.05) is 0 Å². The molecule has 0 spiro atoms. The van der Waals surface area contributed by atoms with Gasteiger partial charge in [0.1, 0.15) is 5.57 Å². The molecule has 1 aliphatic heterocycles. The van der Waals surface area contributed by atoms with E-state index in [1.54, 1.807) is 6.08 Å². The van der Waals surface area contributed by atoms with Gasteiger partial charge < -0.3 is 0 Å². The third-order valence-corrected chi connectivity index (χ3v) is 5.43. The molecule has 0 aromatic heterocycles. The smallest absolute Gasteiger partial charge is 0.263 e. The highest BCUT2D eigenvalue weighted by molar-refractivity contribution is 7.80. The van der Waals surface area contributed by atoms with E-state index in [1.807, 2.05) is 25.2 Å². The first-order valence-electron chi connectivity index (χ1n) is 9.88. The lowest BCUT2D eigenvalue weighted by Crippen LogP contribution is -2.51. The van der Waals surface area contributed by atoms with Gasteiger partial charge in [0.05, 0.1) is 0 Å². The minimum atomic E-state index is -0.483. The number of carbonyl (C=O) groups is 2. The molecule has 29 heavy (non-hydrogen) atoms. The lowest BCUT2D eigenvalue weighted by Gasteiger charge is -2.32. The maximum atomic E-state index is 11.8. The van der Waals surface area contributed by atoms with Gasteiger partial charge in [-0.3, -0.25) is 20.2 Å². The van der Waals surface area contributed by atoms with Gasteiger partial charge in [0, 0.05) is 0 Å². The summed E-state index contributed by atoms with van der Waals surface area (Å²) in [7, 11) is 0. The van der Waals surface area contributed by atoms with Crippen LogP contribution in [0.15, 0.2) is 70.4 Å². The molecule has 0 saturated carbocycles. The summed E-state index contributed by atoms with van der Waals surface area (Å²) in [6, 6.07) is 0. The molecule has 2 N–H and O–H groups in total. The first kappa shape index (κ1) is 22.8. The monoisotopic (exact) mass is 410 g/mol. The van der Waals surface area contributed by atoms with Crippen LogP contribution < -0.4 is 10.6 Å². The maximum Gasteiger partial charge on any atom is 0.263 e. The van der Waals surface area contributed by atoms with Crippen molar-refractivity contribution < 1.29 is 9.59 Å². The number of thiocarbonyl (C=S) groups is 1. The molecule has 2 amide bonds. The SMILES string of the molecule is CC1=C(/C=C/C(C)=C/C=C/C(C)=C/C=C2C(=O)NC(=S)NC2=O)C(C)(C)CCC1. The van der Waals surface area contributed by atoms with Crippen molar-refractivity contribution in [3.05, 3.63) is 70.4 Å². The summed E-state index contributed by atoms with van der Waals surface area (Å²) in [5, 5.41) is 4.87. The normalized spacial score (nSPS) is 21.1. The van der Waals surface area contributed by atoms with Crippen molar-refractivity contribution in [2.24, 2.45) is 5.41 Å². The van der Waals surface area contributed by atoms with Crippen LogP contribution in [0.25, 0.3) is 0 Å². The maximum absolute atomic E-state index is 11.8. The number of carbonyl (C=O) groups excluding carboxylic acids is 2. The van der Waals surface area contributed by atoms with Gasteiger partial charge in [-0.15, -0.1) is 0 Å². The second-order valence-electron chi connectivity index (χ2n) is 8.26. The van der Waals surface area contributed by atoms with E-state index >= 15 is 0 Å². The first-order valence-corrected chi connectivity index (χ1v) is 10.3. The third-order valence-electron chi connectivity index (χ3n) is 5.23. The van der Waals surface area contributed by atoms with Gasteiger partial charge in [-0.25, -0.2) is 0 Å². The number of hydrogen-bond acceptors (Lipinski definition) is 3. The molecule has 2 aliphatic rings. The molecule has 5 heteroatoms. The van der Waals surface area contributed by atoms with Gasteiger partial charge in [0.25, 0.3) is 11.8 Å². The Kier molecular flexibility index (Phi) is 7.68. The van der Waals surface area contributed by atoms with Gasteiger partial charge in [-0.1, -0.05) is 67.0 Å². The Morgan fingerprint density at radius 1 is 1.03 bits per heavy atom. The van der Waals surface area contributed by atoms with Crippen LogP contribution in [0.1, 0.15) is 53.9 Å². The van der Waals surface area contributed by atoms with Crippen molar-refractivity contribution in [1.82, 2.24) is 10.6 Å². The van der Waals surface area contributed by atoms with E-state index in [2.05, 4.69) is 50.5 Å². The highest BCUT2D eigenvalue weighted by atomic mass is 32.1. The Labute approximate surface area is 179 Å². The molecule has 154 valence electrons. The zero-order valence-corrected chi connectivity index (χ0v) is 18.7. The van der Waals surface area contributed by atoms with Crippen LogP contribution in [-0.2, 0) is 9.59 Å². The van der Waals surface area contributed by atoms with E-state index in [4.69, 9.17) is 12.2 Å². The van der Waals surface area contributed by atoms with E-state index < -0.39 is 11.8 Å². The molecule has 4 nitrogen and oxygen atoms in total. The molecule has 1 fully saturated rings. The van der Waals surface area contributed by atoms with Gasteiger partial charge in [0.2, 0.25) is 0 Å². The van der Waals surface area contributed by atoms with Gasteiger partial charge in [-0.05, 0) is 69.3 Å². The summed E-state index contributed by atoms with van der Waals surface area (Å²) >= 11 is 4.78. The van der Waals surface area contributed by atoms with E-state index in [0.717, 1.165) is 11.1 Å². The van der Waals surface area contributed by atoms with Gasteiger partial charge in [-0.2, -0.15) is 0 Å². The van der Waals surface area contributed by atoms with Gasteiger partial charge >= 0.3 is 0 Å². The number of amides is 2. The average molecular weight is 411 g/mol. The second-order valence-corrected chi connectivity index (χ2v) is 8.67. The summed E-state index contributed by atoms with van der Waals surface area (Å²) in [4.78, 5) is 23.6. The molecule has 2 rings (SSSR count). The molecule has 0 radical (unpaired) electrons. The molecular formula is C24H30N2O2S. The Hall–Kier alpha value is -2.53. The second kappa shape index (κ2) is 9.79. The predicted octanol–water partition coefficient (Wildman–Crippen LogP) is 4.98. The molecule has 0 atom stereocenters. The van der Waals surface area contributed by atoms with E-state index in [1.165, 1.54) is 36.5 Å². The minimum Gasteiger partial charge on any atom is -0.299 e. The molecule has 1 saturated heterocycles. The highest BCUT2D eigenvalue weighted by Gasteiger charge is 2.26. The predicted molar refractivity (Wildman–Crippen MR) is 123 cm³/mol. The Morgan fingerprint density at radius 3 is 2.28 bits per heavy atom. The zero-order chi connectivity index (χ0) is 21.6. The zero-order valence-electron chi connectivity index (χ0n) is 17.9. The molecular weight excluding hydrogens is 380 g/mol. The summed E-state index contributed by atoms with van der Waals surface area (Å²) in [5.41, 5.74) is 5.30. The molecule has 0 bridgehead atoms. The van der Waals surface area contributed by atoms with Crippen LogP contribution >= 0.6 is 12.2 Å². The van der Waals surface area contributed by atoms with Crippen molar-refractivity contribution in [3.63, 3.8) is 0 Å². The Morgan fingerprint density at radius 2 is 1.66 bits per heavy atom. The fourth-order valence-corrected chi connectivity index (χ4v) is 3.71. The molecule has 0 aromatic carbocycles. The number of nitrogens with one attached hydrogen (secondary N) is 2. The quantitative estimate of drug-likeness (QED) is 0.291. The molecule has 1 aliphatic carbocycles. The molecule has 0 unspecified atom stereocenters. The average Bonchev–Trinajstić information content (AvgIpc) is 2.59. The summed E-state index contributed by atoms with van der Waals surface area (Å²) in [5.74, 6) is -0.967. The Balaban J connectivity index is 2.04. The molecule has 0 aromatic rings. The number of hydrogen-bond donors (Lipinski definition) is 2. The van der Waals surface area contributed by atoms with Crippen LogP contribution in [0.2, 0.25) is 0 Å². The number of rotatable bonds is 5. The van der Waals surface area contributed by atoms with E-state index in [-0.39, 0.29) is 16.1 Å². The lowest BCUT2D eigenvalue weighted by molar-refractivity contribution is -0.123. The lowest BCUT2D eigenvalue weighted by atomic mass is 9.72. The van der Waals surface area contributed by atoms with Gasteiger partial charge in [0.15, 0.2) is 5.11 Å². The van der Waals surface area contributed by atoms with Crippen LogP contribution in [-0.4, -0.2) is 16.9 Å². The fourth-order valence-electron chi connectivity index (χ4n) is 3.53. The largest absolute Gasteiger partial charge is 0.299 e. The van der Waals surface area contributed by atoms with Crippen LogP contribution in [0.4, 0.5) is 0 Å². The van der Waals surface area contributed by atoms with Crippen molar-refractivity contribution >= 4 is 29.1 Å². The van der Waals surface area contributed by atoms with Crippen molar-refractivity contribution in [2.45, 2.75) is 53.9 Å². The Bertz CT molecular complexity index is 874. The van der Waals surface area contributed by atoms with Crippen LogP contribution in [0.3, 0.4) is 0 Å².